The molecule has 0 atom stereocenters. The van der Waals surface area contributed by atoms with Crippen LogP contribution < -0.4 is 0 Å². The van der Waals surface area contributed by atoms with Gasteiger partial charge in [0.05, 0.1) is 11.2 Å². The normalized spacial score (nSPS) is 11.4. The average molecular weight is 335 g/mol. The predicted octanol–water partition coefficient (Wildman–Crippen LogP) is 3.48. The SMILES string of the molecule is CN(Cc1ccc(-c2nnc3ccccn23)cc1)Cc1cscn1. The second-order valence-electron chi connectivity index (χ2n) is 5.80. The van der Waals surface area contributed by atoms with Crippen LogP contribution in [0.3, 0.4) is 0 Å². The van der Waals surface area contributed by atoms with Crippen molar-refractivity contribution in [1.82, 2.24) is 24.5 Å². The van der Waals surface area contributed by atoms with E-state index < -0.39 is 0 Å². The number of thiazole rings is 1. The Morgan fingerprint density at radius 2 is 1.92 bits per heavy atom. The number of nitrogens with zero attached hydrogens (tertiary/aromatic N) is 5. The molecule has 0 bridgehead atoms. The number of hydrogen-bond donors (Lipinski definition) is 0. The van der Waals surface area contributed by atoms with Crippen molar-refractivity contribution < 1.29 is 0 Å². The summed E-state index contributed by atoms with van der Waals surface area (Å²) in [5, 5.41) is 10.6. The summed E-state index contributed by atoms with van der Waals surface area (Å²) in [5.74, 6) is 0.868. The molecule has 4 aromatic rings. The topological polar surface area (TPSA) is 46.3 Å². The van der Waals surface area contributed by atoms with Crippen LogP contribution in [-0.2, 0) is 13.1 Å². The quantitative estimate of drug-likeness (QED) is 0.560. The number of hydrogen-bond acceptors (Lipinski definition) is 5. The molecule has 3 heterocycles. The van der Waals surface area contributed by atoms with E-state index in [-0.39, 0.29) is 0 Å². The second-order valence-corrected chi connectivity index (χ2v) is 6.52. The minimum atomic E-state index is 0.861. The van der Waals surface area contributed by atoms with Crippen molar-refractivity contribution in [2.24, 2.45) is 0 Å². The van der Waals surface area contributed by atoms with Crippen molar-refractivity contribution in [2.75, 3.05) is 7.05 Å². The molecule has 4 rings (SSSR count). The Hall–Kier alpha value is -2.57. The van der Waals surface area contributed by atoms with Crippen LogP contribution in [0.5, 0.6) is 0 Å². The minimum absolute atomic E-state index is 0.861. The summed E-state index contributed by atoms with van der Waals surface area (Å²) in [6.45, 7) is 1.75. The Morgan fingerprint density at radius 3 is 2.71 bits per heavy atom. The highest BCUT2D eigenvalue weighted by atomic mass is 32.1. The van der Waals surface area contributed by atoms with E-state index in [1.165, 1.54) is 5.56 Å². The fourth-order valence-corrected chi connectivity index (χ4v) is 3.31. The molecule has 0 amide bonds. The number of rotatable bonds is 5. The van der Waals surface area contributed by atoms with Crippen molar-refractivity contribution in [3.63, 3.8) is 0 Å². The Morgan fingerprint density at radius 1 is 1.04 bits per heavy atom. The third-order valence-corrected chi connectivity index (χ3v) is 4.53. The molecule has 120 valence electrons. The lowest BCUT2D eigenvalue weighted by Crippen LogP contribution is -2.17. The molecular formula is C18H17N5S. The number of aromatic nitrogens is 4. The standard InChI is InChI=1S/C18H17N5S/c1-22(11-16-12-24-13-19-16)10-14-5-7-15(8-6-14)18-21-20-17-4-2-3-9-23(17)18/h2-9,12-13H,10-11H2,1H3. The van der Waals surface area contributed by atoms with Crippen molar-refractivity contribution in [2.45, 2.75) is 13.1 Å². The third-order valence-electron chi connectivity index (χ3n) is 3.89. The van der Waals surface area contributed by atoms with Gasteiger partial charge < -0.3 is 0 Å². The van der Waals surface area contributed by atoms with Crippen molar-refractivity contribution in [1.29, 1.82) is 0 Å². The molecule has 3 aromatic heterocycles. The molecule has 5 nitrogen and oxygen atoms in total. The van der Waals surface area contributed by atoms with Crippen LogP contribution in [0.4, 0.5) is 0 Å². The van der Waals surface area contributed by atoms with E-state index in [2.05, 4.69) is 56.8 Å². The van der Waals surface area contributed by atoms with Gasteiger partial charge in [-0.1, -0.05) is 30.3 Å². The summed E-state index contributed by atoms with van der Waals surface area (Å²) in [6.07, 6.45) is 1.99. The third kappa shape index (κ3) is 3.06. The van der Waals surface area contributed by atoms with Crippen LogP contribution in [0, 0.1) is 0 Å². The van der Waals surface area contributed by atoms with E-state index >= 15 is 0 Å². The van der Waals surface area contributed by atoms with Crippen molar-refractivity contribution in [3.8, 4) is 11.4 Å². The molecule has 0 spiro atoms. The van der Waals surface area contributed by atoms with E-state index in [9.17, 15) is 0 Å². The van der Waals surface area contributed by atoms with Gasteiger partial charge >= 0.3 is 0 Å². The van der Waals surface area contributed by atoms with E-state index in [1.807, 2.05) is 34.3 Å². The first-order valence-corrected chi connectivity index (χ1v) is 8.68. The Bertz CT molecular complexity index is 928. The molecule has 24 heavy (non-hydrogen) atoms. The van der Waals surface area contributed by atoms with Gasteiger partial charge in [-0.25, -0.2) is 4.98 Å². The van der Waals surface area contributed by atoms with Gasteiger partial charge in [-0.2, -0.15) is 0 Å². The van der Waals surface area contributed by atoms with Gasteiger partial charge in [-0.15, -0.1) is 21.5 Å². The zero-order chi connectivity index (χ0) is 16.4. The maximum Gasteiger partial charge on any atom is 0.168 e. The Labute approximate surface area is 144 Å². The van der Waals surface area contributed by atoms with Crippen molar-refractivity contribution >= 4 is 17.0 Å². The lowest BCUT2D eigenvalue weighted by molar-refractivity contribution is 0.316. The highest BCUT2D eigenvalue weighted by Gasteiger charge is 2.08. The van der Waals surface area contributed by atoms with Crippen LogP contribution in [0.2, 0.25) is 0 Å². The highest BCUT2D eigenvalue weighted by molar-refractivity contribution is 7.07. The van der Waals surface area contributed by atoms with Crippen molar-refractivity contribution in [3.05, 3.63) is 70.8 Å². The van der Waals surface area contributed by atoms with E-state index in [4.69, 9.17) is 0 Å². The molecule has 0 aliphatic carbocycles. The Balaban J connectivity index is 1.50. The van der Waals surface area contributed by atoms with E-state index in [1.54, 1.807) is 11.3 Å². The van der Waals surface area contributed by atoms with Gasteiger partial charge in [-0.3, -0.25) is 9.30 Å². The van der Waals surface area contributed by atoms with Gasteiger partial charge in [0.25, 0.3) is 0 Å². The first kappa shape index (κ1) is 15.0. The maximum absolute atomic E-state index is 4.33. The van der Waals surface area contributed by atoms with Gasteiger partial charge in [-0.05, 0) is 24.7 Å². The fourth-order valence-electron chi connectivity index (χ4n) is 2.76. The first-order chi connectivity index (χ1) is 11.8. The monoisotopic (exact) mass is 335 g/mol. The van der Waals surface area contributed by atoms with Crippen LogP contribution in [-0.4, -0.2) is 31.5 Å². The van der Waals surface area contributed by atoms with Crippen LogP contribution >= 0.6 is 11.3 Å². The molecule has 0 radical (unpaired) electrons. The van der Waals surface area contributed by atoms with Crippen LogP contribution in [0.1, 0.15) is 11.3 Å². The van der Waals surface area contributed by atoms with E-state index in [0.29, 0.717) is 0 Å². The number of benzene rings is 1. The lowest BCUT2D eigenvalue weighted by atomic mass is 10.1. The molecule has 0 aliphatic rings. The van der Waals surface area contributed by atoms with Gasteiger partial charge in [0.1, 0.15) is 0 Å². The zero-order valence-corrected chi connectivity index (χ0v) is 14.1. The molecule has 0 saturated carbocycles. The maximum atomic E-state index is 4.33. The average Bonchev–Trinajstić information content (AvgIpc) is 3.25. The predicted molar refractivity (Wildman–Crippen MR) is 95.7 cm³/mol. The second kappa shape index (κ2) is 6.51. The summed E-state index contributed by atoms with van der Waals surface area (Å²) in [4.78, 5) is 6.59. The summed E-state index contributed by atoms with van der Waals surface area (Å²) >= 11 is 1.64. The minimum Gasteiger partial charge on any atom is -0.296 e. The molecule has 0 N–H and O–H groups in total. The Kier molecular flexibility index (Phi) is 4.06. The molecule has 1 aromatic carbocycles. The van der Waals surface area contributed by atoms with E-state index in [0.717, 1.165) is 35.8 Å². The molecule has 0 fully saturated rings. The number of fused-ring (bicyclic) bond motifs is 1. The number of pyridine rings is 1. The van der Waals surface area contributed by atoms with Gasteiger partial charge in [0, 0.05) is 30.2 Å². The molecular weight excluding hydrogens is 318 g/mol. The largest absolute Gasteiger partial charge is 0.296 e. The van der Waals surface area contributed by atoms with Crippen LogP contribution in [0.25, 0.3) is 17.0 Å². The molecule has 0 unspecified atom stereocenters. The molecule has 0 saturated heterocycles. The lowest BCUT2D eigenvalue weighted by Gasteiger charge is -2.15. The summed E-state index contributed by atoms with van der Waals surface area (Å²) in [5.41, 5.74) is 6.19. The van der Waals surface area contributed by atoms with Crippen LogP contribution in [0.15, 0.2) is 59.6 Å². The van der Waals surface area contributed by atoms with Gasteiger partial charge in [0.15, 0.2) is 11.5 Å². The molecule has 0 aliphatic heterocycles. The fraction of sp³-hybridized carbons (Fsp3) is 0.167. The zero-order valence-electron chi connectivity index (χ0n) is 13.3. The highest BCUT2D eigenvalue weighted by Crippen LogP contribution is 2.19. The molecule has 6 heteroatoms. The van der Waals surface area contributed by atoms with Gasteiger partial charge in [0.2, 0.25) is 0 Å². The summed E-state index contributed by atoms with van der Waals surface area (Å²) < 4.78 is 2.00. The summed E-state index contributed by atoms with van der Waals surface area (Å²) in [6, 6.07) is 14.4. The summed E-state index contributed by atoms with van der Waals surface area (Å²) in [7, 11) is 2.11. The first-order valence-electron chi connectivity index (χ1n) is 7.74. The smallest absolute Gasteiger partial charge is 0.168 e.